The summed E-state index contributed by atoms with van der Waals surface area (Å²) in [5, 5.41) is 33.0. The Morgan fingerprint density at radius 3 is 2.61 bits per heavy atom. The quantitative estimate of drug-likeness (QED) is 0.165. The normalized spacial score (nSPS) is 18.9. The first-order chi connectivity index (χ1) is 19.5. The van der Waals surface area contributed by atoms with Gasteiger partial charge in [0.05, 0.1) is 22.8 Å². The average molecular weight is 659 g/mol. The van der Waals surface area contributed by atoms with Gasteiger partial charge in [0.1, 0.15) is 23.7 Å². The molecule has 2 amide bonds. The van der Waals surface area contributed by atoms with Crippen LogP contribution in [0.4, 0.5) is 0 Å². The van der Waals surface area contributed by atoms with Crippen molar-refractivity contribution < 1.29 is 39.1 Å². The van der Waals surface area contributed by atoms with Crippen molar-refractivity contribution in [2.45, 2.75) is 46.7 Å². The fraction of sp³-hybridized carbons (Fsp3) is 0.346. The van der Waals surface area contributed by atoms with Crippen LogP contribution in [0, 0.1) is 0 Å². The lowest BCUT2D eigenvalue weighted by atomic mass is 10.0. The SMILES string of the molecule is O=C(CSc1cc(Cl)ccc1Cl)N[C@@H]1C(=O)N2C(C(=O)O)=C(CSc3cc[n+](CCC[C@H](O)C(=O)[O-])cc3)CS[C@H]12. The summed E-state index contributed by atoms with van der Waals surface area (Å²) < 4.78 is 1.85. The summed E-state index contributed by atoms with van der Waals surface area (Å²) in [7, 11) is 0. The van der Waals surface area contributed by atoms with E-state index in [4.69, 9.17) is 23.2 Å². The number of carbonyl (C=O) groups excluding carboxylic acids is 3. The minimum Gasteiger partial charge on any atom is -0.547 e. The molecule has 41 heavy (non-hydrogen) atoms. The molecule has 1 saturated heterocycles. The number of hydrogen-bond acceptors (Lipinski definition) is 9. The maximum absolute atomic E-state index is 12.9. The summed E-state index contributed by atoms with van der Waals surface area (Å²) in [6.07, 6.45) is 2.69. The van der Waals surface area contributed by atoms with Crippen molar-refractivity contribution in [3.63, 3.8) is 0 Å². The molecule has 0 aliphatic carbocycles. The number of aromatic nitrogens is 1. The lowest BCUT2D eigenvalue weighted by Gasteiger charge is -2.49. The highest BCUT2D eigenvalue weighted by Gasteiger charge is 2.54. The number of pyridine rings is 1. The maximum Gasteiger partial charge on any atom is 0.352 e. The number of amides is 2. The zero-order valence-corrected chi connectivity index (χ0v) is 25.3. The Hall–Kier alpha value is -2.42. The van der Waals surface area contributed by atoms with E-state index in [0.717, 1.165) is 4.90 Å². The molecule has 0 saturated carbocycles. The Bertz CT molecular complexity index is 1380. The summed E-state index contributed by atoms with van der Waals surface area (Å²) in [6.45, 7) is 0.517. The van der Waals surface area contributed by atoms with E-state index in [1.165, 1.54) is 40.2 Å². The average Bonchev–Trinajstić information content (AvgIpc) is 2.95. The number of β-lactam (4-membered cyclic amide) rings is 1. The predicted molar refractivity (Wildman–Crippen MR) is 154 cm³/mol. The van der Waals surface area contributed by atoms with E-state index in [1.807, 2.05) is 29.1 Å². The van der Waals surface area contributed by atoms with E-state index >= 15 is 0 Å². The molecule has 0 spiro atoms. The van der Waals surface area contributed by atoms with Crippen molar-refractivity contribution in [2.75, 3.05) is 17.3 Å². The molecule has 10 nitrogen and oxygen atoms in total. The summed E-state index contributed by atoms with van der Waals surface area (Å²) in [4.78, 5) is 51.0. The van der Waals surface area contributed by atoms with E-state index < -0.39 is 35.4 Å². The molecule has 0 radical (unpaired) electrons. The highest BCUT2D eigenvalue weighted by molar-refractivity contribution is 8.01. The number of nitrogens with one attached hydrogen (secondary N) is 1. The highest BCUT2D eigenvalue weighted by atomic mass is 35.5. The number of aliphatic hydroxyl groups excluding tert-OH is 1. The Balaban J connectivity index is 1.31. The molecule has 0 bridgehead atoms. The van der Waals surface area contributed by atoms with Gasteiger partial charge in [-0.2, -0.15) is 0 Å². The standard InChI is InChI=1S/C26H25Cl2N3O7S3/c27-15-3-4-17(28)19(10-15)40-13-20(33)29-21-23(34)31-22(26(37)38)14(12-41-24(21)31)11-39-16-5-8-30(9-6-16)7-1-2-18(32)25(35)36/h3-6,8-10,18,21,24,32H,1-2,7,11-13H2,(H2-,29,33,35,36,37,38)/t18-,21+,24+/m0/s1. The van der Waals surface area contributed by atoms with Crippen molar-refractivity contribution in [2.24, 2.45) is 0 Å². The summed E-state index contributed by atoms with van der Waals surface area (Å²) in [5.74, 6) is -2.74. The number of aliphatic hydroxyl groups is 1. The van der Waals surface area contributed by atoms with Crippen LogP contribution in [0.1, 0.15) is 12.8 Å². The Morgan fingerprint density at radius 1 is 1.20 bits per heavy atom. The van der Waals surface area contributed by atoms with Gasteiger partial charge in [0.15, 0.2) is 12.4 Å². The van der Waals surface area contributed by atoms with Crippen LogP contribution in [-0.2, 0) is 25.7 Å². The van der Waals surface area contributed by atoms with E-state index in [9.17, 15) is 34.5 Å². The van der Waals surface area contributed by atoms with Gasteiger partial charge in [-0.3, -0.25) is 14.5 Å². The molecule has 2 aromatic rings. The predicted octanol–water partition coefficient (Wildman–Crippen LogP) is 1.79. The Labute approximate surface area is 258 Å². The number of thioether (sulfide) groups is 3. The second kappa shape index (κ2) is 14.2. The lowest BCUT2D eigenvalue weighted by molar-refractivity contribution is -0.697. The molecule has 3 N–H and O–H groups in total. The van der Waals surface area contributed by atoms with E-state index in [1.54, 1.807) is 18.2 Å². The molecular weight excluding hydrogens is 633 g/mol. The number of carbonyl (C=O) groups is 4. The zero-order valence-electron chi connectivity index (χ0n) is 21.3. The van der Waals surface area contributed by atoms with Gasteiger partial charge in [-0.15, -0.1) is 35.3 Å². The monoisotopic (exact) mass is 657 g/mol. The van der Waals surface area contributed by atoms with Gasteiger partial charge in [-0.05, 0) is 30.2 Å². The van der Waals surface area contributed by atoms with Gasteiger partial charge >= 0.3 is 5.97 Å². The van der Waals surface area contributed by atoms with Crippen LogP contribution in [0.2, 0.25) is 10.0 Å². The molecular formula is C26H25Cl2N3O7S3. The zero-order chi connectivity index (χ0) is 29.7. The number of benzene rings is 1. The molecule has 3 atom stereocenters. The van der Waals surface area contributed by atoms with Gasteiger partial charge in [0.25, 0.3) is 5.91 Å². The van der Waals surface area contributed by atoms with Gasteiger partial charge in [-0.1, -0.05) is 23.2 Å². The molecule has 2 aliphatic heterocycles. The summed E-state index contributed by atoms with van der Waals surface area (Å²) in [6, 6.07) is 7.83. The van der Waals surface area contributed by atoms with Crippen LogP contribution in [0.3, 0.4) is 0 Å². The van der Waals surface area contributed by atoms with Crippen LogP contribution in [0.15, 0.2) is 63.8 Å². The minimum absolute atomic E-state index is 0.0174. The van der Waals surface area contributed by atoms with Gasteiger partial charge in [0.2, 0.25) is 5.91 Å². The number of hydrogen-bond donors (Lipinski definition) is 3. The van der Waals surface area contributed by atoms with Gasteiger partial charge in [-0.25, -0.2) is 9.36 Å². The van der Waals surface area contributed by atoms with Crippen molar-refractivity contribution in [3.8, 4) is 0 Å². The second-order valence-corrected chi connectivity index (χ2v) is 13.1. The van der Waals surface area contributed by atoms with Crippen LogP contribution in [0.5, 0.6) is 0 Å². The number of nitrogens with zero attached hydrogens (tertiary/aromatic N) is 2. The van der Waals surface area contributed by atoms with E-state index in [2.05, 4.69) is 5.32 Å². The molecule has 4 rings (SSSR count). The van der Waals surface area contributed by atoms with Gasteiger partial charge in [0, 0.05) is 44.9 Å². The third-order valence-electron chi connectivity index (χ3n) is 6.26. The number of aryl methyl sites for hydroxylation is 1. The van der Waals surface area contributed by atoms with Gasteiger partial charge < -0.3 is 25.4 Å². The molecule has 3 heterocycles. The molecule has 2 aliphatic rings. The highest BCUT2D eigenvalue weighted by Crippen LogP contribution is 2.41. The number of carboxylic acids is 2. The van der Waals surface area contributed by atoms with Crippen LogP contribution >= 0.6 is 58.5 Å². The number of rotatable bonds is 13. The molecule has 1 aromatic carbocycles. The molecule has 15 heteroatoms. The van der Waals surface area contributed by atoms with E-state index in [0.29, 0.717) is 45.0 Å². The van der Waals surface area contributed by atoms with Crippen molar-refractivity contribution in [1.29, 1.82) is 0 Å². The third-order valence-corrected chi connectivity index (χ3v) is 10.4. The van der Waals surface area contributed by atoms with Crippen molar-refractivity contribution in [3.05, 3.63) is 64.0 Å². The molecule has 218 valence electrons. The third kappa shape index (κ3) is 7.90. The maximum atomic E-state index is 12.9. The number of aliphatic carboxylic acids is 2. The fourth-order valence-corrected chi connectivity index (χ4v) is 7.86. The number of halogens is 2. The largest absolute Gasteiger partial charge is 0.547 e. The molecule has 0 unspecified atom stereocenters. The minimum atomic E-state index is -1.49. The smallest absolute Gasteiger partial charge is 0.352 e. The first-order valence-corrected chi connectivity index (χ1v) is 16.1. The number of fused-ring (bicyclic) bond motifs is 1. The number of carboxylic acid groups (broad SMARTS) is 2. The Kier molecular flexibility index (Phi) is 10.9. The topological polar surface area (TPSA) is 151 Å². The molecule has 1 aromatic heterocycles. The Morgan fingerprint density at radius 2 is 1.93 bits per heavy atom. The summed E-state index contributed by atoms with van der Waals surface area (Å²) >= 11 is 16.2. The first kappa shape index (κ1) is 31.5. The van der Waals surface area contributed by atoms with E-state index in [-0.39, 0.29) is 23.8 Å². The fourth-order valence-electron chi connectivity index (χ4n) is 4.19. The van der Waals surface area contributed by atoms with Crippen LogP contribution < -0.4 is 15.0 Å². The van der Waals surface area contributed by atoms with Crippen LogP contribution in [0.25, 0.3) is 0 Å². The molecule has 1 fully saturated rings. The first-order valence-electron chi connectivity index (χ1n) is 12.3. The van der Waals surface area contributed by atoms with Crippen molar-refractivity contribution in [1.82, 2.24) is 10.2 Å². The summed E-state index contributed by atoms with van der Waals surface area (Å²) in [5.41, 5.74) is 0.565. The van der Waals surface area contributed by atoms with Crippen LogP contribution in [-0.4, -0.2) is 73.6 Å². The lowest BCUT2D eigenvalue weighted by Crippen LogP contribution is -2.70. The van der Waals surface area contributed by atoms with Crippen molar-refractivity contribution >= 4 is 82.2 Å². The second-order valence-electron chi connectivity index (χ2n) is 9.11.